The topological polar surface area (TPSA) is 84.2 Å². The van der Waals surface area contributed by atoms with Crippen LogP contribution < -0.4 is 27.2 Å². The van der Waals surface area contributed by atoms with Crippen molar-refractivity contribution in [1.82, 2.24) is 15.1 Å². The fourth-order valence-electron chi connectivity index (χ4n) is 7.93. The Balaban J connectivity index is 1.37. The lowest BCUT2D eigenvalue weighted by Gasteiger charge is -2.56. The van der Waals surface area contributed by atoms with Crippen molar-refractivity contribution in [3.05, 3.63) is 64.8 Å². The van der Waals surface area contributed by atoms with Crippen molar-refractivity contribution in [3.63, 3.8) is 0 Å². The number of nitrogens with one attached hydrogen (secondary N) is 1. The molecule has 0 bridgehead atoms. The summed E-state index contributed by atoms with van der Waals surface area (Å²) in [4.78, 5) is 25.0. The zero-order chi connectivity index (χ0) is 30.1. The van der Waals surface area contributed by atoms with Crippen molar-refractivity contribution in [2.45, 2.75) is 37.1 Å². The number of carboxylic acids is 1. The molecule has 13 heteroatoms. The van der Waals surface area contributed by atoms with E-state index in [0.29, 0.717) is 23.4 Å². The molecule has 6 nitrogen and oxygen atoms in total. The van der Waals surface area contributed by atoms with E-state index in [-0.39, 0.29) is 23.3 Å². The van der Waals surface area contributed by atoms with Gasteiger partial charge in [-0.1, -0.05) is 69.3 Å². The van der Waals surface area contributed by atoms with Gasteiger partial charge in [-0.3, -0.25) is 14.3 Å². The van der Waals surface area contributed by atoms with Crippen molar-refractivity contribution in [3.8, 4) is 11.1 Å². The quantitative estimate of drug-likeness (QED) is 0.238. The Morgan fingerprint density at radius 1 is 0.952 bits per heavy atom. The summed E-state index contributed by atoms with van der Waals surface area (Å²) in [7, 11) is 13.0. The van der Waals surface area contributed by atoms with Crippen LogP contribution in [0.15, 0.2) is 48.7 Å². The van der Waals surface area contributed by atoms with Gasteiger partial charge < -0.3 is 10.4 Å². The van der Waals surface area contributed by atoms with Gasteiger partial charge in [0.15, 0.2) is 0 Å². The predicted octanol–water partition coefficient (Wildman–Crippen LogP) is -3.31. The third kappa shape index (κ3) is 4.45. The van der Waals surface area contributed by atoms with Gasteiger partial charge in [0.25, 0.3) is 5.91 Å². The minimum absolute atomic E-state index is 0.0441. The highest BCUT2D eigenvalue weighted by molar-refractivity contribution is 6.62. The minimum Gasteiger partial charge on any atom is -0.481 e. The van der Waals surface area contributed by atoms with Crippen molar-refractivity contribution < 1.29 is 14.7 Å². The number of carboxylic acid groups (broad SMARTS) is 1. The maximum atomic E-state index is 13.7. The van der Waals surface area contributed by atoms with Crippen molar-refractivity contribution in [1.29, 1.82) is 0 Å². The largest absolute Gasteiger partial charge is 0.481 e. The second-order valence-electron chi connectivity index (χ2n) is 13.1. The van der Waals surface area contributed by atoms with Gasteiger partial charge in [-0.05, 0) is 54.4 Å². The molecule has 0 unspecified atom stereocenters. The maximum absolute atomic E-state index is 13.7. The van der Waals surface area contributed by atoms with Crippen LogP contribution in [0.25, 0.3) is 22.0 Å². The van der Waals surface area contributed by atoms with Crippen LogP contribution in [0.5, 0.6) is 0 Å². The summed E-state index contributed by atoms with van der Waals surface area (Å²) in [5.41, 5.74) is 9.88. The van der Waals surface area contributed by atoms with E-state index in [1.54, 1.807) is 18.3 Å². The fourth-order valence-corrected chi connectivity index (χ4v) is 8.13. The average Bonchev–Trinajstić information content (AvgIpc) is 3.36. The van der Waals surface area contributed by atoms with Crippen LogP contribution in [0.4, 0.5) is 0 Å². The highest BCUT2D eigenvalue weighted by atomic mass is 35.5. The van der Waals surface area contributed by atoms with Gasteiger partial charge in [0.1, 0.15) is 47.1 Å². The van der Waals surface area contributed by atoms with E-state index < -0.39 is 11.3 Å². The van der Waals surface area contributed by atoms with E-state index in [1.807, 2.05) is 10.7 Å². The predicted molar refractivity (Wildman–Crippen MR) is 187 cm³/mol. The first kappa shape index (κ1) is 28.8. The van der Waals surface area contributed by atoms with Crippen LogP contribution >= 0.6 is 11.6 Å². The number of amides is 1. The highest BCUT2D eigenvalue weighted by Crippen LogP contribution is 2.58. The summed E-state index contributed by atoms with van der Waals surface area (Å²) in [5, 5.41) is 18.0. The molecule has 0 saturated heterocycles. The molecule has 0 atom stereocenters. The number of aromatic nitrogens is 2. The van der Waals surface area contributed by atoms with Gasteiger partial charge in [0, 0.05) is 16.8 Å². The Morgan fingerprint density at radius 3 is 2.17 bits per heavy atom. The standard InChI is InChI=1S/C29H32B6ClN3O3/c30-21-19(13-4-2-1-3-5-13)22(31)24(33)20(23(21)32)29(34,35)39-25-16(6-7-18(36)17(25)12-37-39)26(40)38-15-10-28(11-15)8-14(9-28)27(41)42/h1-7,12,14-15H,8-11,30-35H2,(H,38,40)(H,41,42). The van der Waals surface area contributed by atoms with Crippen LogP contribution in [0, 0.1) is 11.3 Å². The third-order valence-corrected chi connectivity index (χ3v) is 10.5. The highest BCUT2D eigenvalue weighted by Gasteiger charge is 2.55. The Morgan fingerprint density at radius 2 is 1.57 bits per heavy atom. The average molecular weight is 571 g/mol. The lowest BCUT2D eigenvalue weighted by atomic mass is 9.50. The number of aliphatic carboxylic acids is 1. The molecule has 2 saturated carbocycles. The normalized spacial score (nSPS) is 21.5. The zero-order valence-corrected chi connectivity index (χ0v) is 25.9. The van der Waals surface area contributed by atoms with Crippen LogP contribution in [0.3, 0.4) is 0 Å². The smallest absolute Gasteiger partial charge is 0.306 e. The number of rotatable bonds is 6. The Kier molecular flexibility index (Phi) is 7.00. The van der Waals surface area contributed by atoms with Crippen LogP contribution in [0.1, 0.15) is 41.6 Å². The van der Waals surface area contributed by atoms with Crippen molar-refractivity contribution in [2.75, 3.05) is 0 Å². The molecule has 1 aromatic heterocycles. The summed E-state index contributed by atoms with van der Waals surface area (Å²) < 4.78 is 1.96. The van der Waals surface area contributed by atoms with E-state index in [1.165, 1.54) is 38.5 Å². The molecular weight excluding hydrogens is 539 g/mol. The second kappa shape index (κ2) is 10.2. The summed E-state index contributed by atoms with van der Waals surface area (Å²) >= 11 is 6.66. The molecular formula is C29H32B6ClN3O3. The molecule has 2 N–H and O–H groups in total. The molecule has 0 radical (unpaired) electrons. The number of benzene rings is 3. The van der Waals surface area contributed by atoms with Gasteiger partial charge >= 0.3 is 5.97 Å². The van der Waals surface area contributed by atoms with E-state index in [4.69, 9.17) is 16.7 Å². The summed E-state index contributed by atoms with van der Waals surface area (Å²) in [6.45, 7) is 0. The third-order valence-electron chi connectivity index (χ3n) is 10.2. The van der Waals surface area contributed by atoms with Gasteiger partial charge in [0.05, 0.1) is 28.2 Å². The Bertz CT molecular complexity index is 1730. The molecule has 1 spiro atoms. The second-order valence-corrected chi connectivity index (χ2v) is 13.5. The molecule has 2 fully saturated rings. The maximum Gasteiger partial charge on any atom is 0.306 e. The number of fused-ring (bicyclic) bond motifs is 1. The lowest BCUT2D eigenvalue weighted by Crippen LogP contribution is -2.57. The van der Waals surface area contributed by atoms with Crippen LogP contribution in [-0.2, 0) is 10.1 Å². The SMILES string of the molecule is Bc1c(B)c(C(B)(B)n2ncc3c(Cl)ccc(C(=O)NC4CC5(C4)CC(C(=O)O)C5)c32)c(B)c(B)c1-c1ccccc1. The zero-order valence-electron chi connectivity index (χ0n) is 25.1. The van der Waals surface area contributed by atoms with Gasteiger partial charge in [-0.25, -0.2) is 0 Å². The number of nitrogens with zero attached hydrogens (tertiary/aromatic N) is 2. The molecule has 206 valence electrons. The summed E-state index contributed by atoms with van der Waals surface area (Å²) in [6.07, 6.45) is 4.84. The number of hydrogen-bond donors (Lipinski definition) is 2. The van der Waals surface area contributed by atoms with Crippen LogP contribution in [-0.4, -0.2) is 79.9 Å². The summed E-state index contributed by atoms with van der Waals surface area (Å²) in [5.74, 6) is -1.10. The molecule has 2 aliphatic carbocycles. The Hall–Kier alpha value is -3.25. The first-order chi connectivity index (χ1) is 19.8. The van der Waals surface area contributed by atoms with E-state index in [0.717, 1.165) is 23.7 Å². The molecule has 1 heterocycles. The molecule has 2 aliphatic rings. The molecule has 1 amide bonds. The number of hydrogen-bond acceptors (Lipinski definition) is 3. The Labute approximate surface area is 256 Å². The monoisotopic (exact) mass is 571 g/mol. The number of carbonyl (C=O) groups excluding carboxylic acids is 1. The van der Waals surface area contributed by atoms with Gasteiger partial charge in [0.2, 0.25) is 0 Å². The lowest BCUT2D eigenvalue weighted by molar-refractivity contribution is -0.155. The van der Waals surface area contributed by atoms with E-state index in [2.05, 4.69) is 76.7 Å². The fraction of sp³-hybridized carbons (Fsp3) is 0.276. The van der Waals surface area contributed by atoms with Crippen LogP contribution in [0.2, 0.25) is 5.02 Å². The van der Waals surface area contributed by atoms with Gasteiger partial charge in [-0.15, -0.1) is 0 Å². The molecule has 0 aliphatic heterocycles. The van der Waals surface area contributed by atoms with E-state index in [9.17, 15) is 14.7 Å². The number of halogens is 1. The first-order valence-corrected chi connectivity index (χ1v) is 15.1. The first-order valence-electron chi connectivity index (χ1n) is 14.7. The van der Waals surface area contributed by atoms with E-state index >= 15 is 0 Å². The summed E-state index contributed by atoms with van der Waals surface area (Å²) in [6, 6.07) is 14.1. The minimum atomic E-state index is -0.710. The van der Waals surface area contributed by atoms with Crippen molar-refractivity contribution in [2.24, 2.45) is 11.3 Å². The molecule has 42 heavy (non-hydrogen) atoms. The van der Waals surface area contributed by atoms with Gasteiger partial charge in [-0.2, -0.15) is 5.10 Å². The molecule has 6 rings (SSSR count). The molecule has 4 aromatic rings. The van der Waals surface area contributed by atoms with Crippen molar-refractivity contribution >= 4 is 103 Å². The number of carbonyl (C=O) groups is 2. The molecule has 3 aromatic carbocycles.